The van der Waals surface area contributed by atoms with Gasteiger partial charge in [-0.05, 0) is 19.3 Å². The molecule has 1 atom stereocenters. The molecule has 3 N–H and O–H groups in total. The zero-order chi connectivity index (χ0) is 15.0. The summed E-state index contributed by atoms with van der Waals surface area (Å²) in [5, 5.41) is 0. The van der Waals surface area contributed by atoms with Crippen LogP contribution in [0.3, 0.4) is 0 Å². The SMILES string of the molecule is CCC(N)(CC)CC.O=P(O)(F)OCC(F)(F)F. The molecule has 0 saturated heterocycles. The molecule has 112 valence electrons. The van der Waals surface area contributed by atoms with E-state index in [1.54, 1.807) is 0 Å². The Morgan fingerprint density at radius 3 is 1.56 bits per heavy atom. The normalized spacial score (nSPS) is 15.6. The van der Waals surface area contributed by atoms with Crippen molar-refractivity contribution in [3.8, 4) is 0 Å². The Labute approximate surface area is 104 Å². The van der Waals surface area contributed by atoms with Crippen molar-refractivity contribution in [3.63, 3.8) is 0 Å². The van der Waals surface area contributed by atoms with E-state index < -0.39 is 20.7 Å². The Balaban J connectivity index is 0. The van der Waals surface area contributed by atoms with Crippen molar-refractivity contribution >= 4 is 7.91 Å². The van der Waals surface area contributed by atoms with Gasteiger partial charge in [0.2, 0.25) is 0 Å². The van der Waals surface area contributed by atoms with Gasteiger partial charge in [-0.25, -0.2) is 4.57 Å². The lowest BCUT2D eigenvalue weighted by molar-refractivity contribution is -0.156. The molecule has 9 heteroatoms. The average molecular weight is 297 g/mol. The molecule has 18 heavy (non-hydrogen) atoms. The Bertz CT molecular complexity index is 255. The highest BCUT2D eigenvalue weighted by Gasteiger charge is 2.32. The van der Waals surface area contributed by atoms with Crippen LogP contribution in [0.1, 0.15) is 40.0 Å². The van der Waals surface area contributed by atoms with Crippen LogP contribution >= 0.6 is 7.91 Å². The van der Waals surface area contributed by atoms with Gasteiger partial charge in [0.25, 0.3) is 0 Å². The van der Waals surface area contributed by atoms with Crippen LogP contribution in [-0.4, -0.2) is 23.2 Å². The van der Waals surface area contributed by atoms with Crippen molar-refractivity contribution in [1.29, 1.82) is 0 Å². The van der Waals surface area contributed by atoms with Gasteiger partial charge in [-0.1, -0.05) is 20.8 Å². The minimum Gasteiger partial charge on any atom is -0.325 e. The maximum Gasteiger partial charge on any atom is 0.510 e. The van der Waals surface area contributed by atoms with Crippen molar-refractivity contribution in [1.82, 2.24) is 0 Å². The van der Waals surface area contributed by atoms with Gasteiger partial charge in [0.1, 0.15) is 0 Å². The van der Waals surface area contributed by atoms with Crippen molar-refractivity contribution in [2.24, 2.45) is 5.73 Å². The molecule has 0 aliphatic rings. The van der Waals surface area contributed by atoms with Crippen LogP contribution in [-0.2, 0) is 9.09 Å². The quantitative estimate of drug-likeness (QED) is 0.601. The van der Waals surface area contributed by atoms with E-state index in [1.807, 2.05) is 0 Å². The number of hydrogen-bond acceptors (Lipinski definition) is 3. The van der Waals surface area contributed by atoms with Crippen LogP contribution in [0.5, 0.6) is 0 Å². The molecule has 0 radical (unpaired) electrons. The molecule has 0 amide bonds. The number of hydrogen-bond donors (Lipinski definition) is 2. The fraction of sp³-hybridized carbons (Fsp3) is 1.00. The summed E-state index contributed by atoms with van der Waals surface area (Å²) in [4.78, 5) is 7.55. The predicted molar refractivity (Wildman–Crippen MR) is 60.7 cm³/mol. The molecule has 0 saturated carbocycles. The van der Waals surface area contributed by atoms with Gasteiger partial charge in [-0.2, -0.15) is 13.2 Å². The third kappa shape index (κ3) is 13.9. The Hall–Kier alpha value is -0.170. The second kappa shape index (κ2) is 8.09. The number of rotatable bonds is 5. The zero-order valence-electron chi connectivity index (χ0n) is 10.6. The molecule has 0 aromatic rings. The lowest BCUT2D eigenvalue weighted by atomic mass is 9.92. The summed E-state index contributed by atoms with van der Waals surface area (Å²) >= 11 is 0. The smallest absolute Gasteiger partial charge is 0.325 e. The predicted octanol–water partition coefficient (Wildman–Crippen LogP) is 3.55. The lowest BCUT2D eigenvalue weighted by Gasteiger charge is -2.23. The molecule has 0 aromatic carbocycles. The van der Waals surface area contributed by atoms with E-state index in [4.69, 9.17) is 10.6 Å². The minimum atomic E-state index is -5.48. The van der Waals surface area contributed by atoms with E-state index in [-0.39, 0.29) is 5.54 Å². The topological polar surface area (TPSA) is 72.6 Å². The van der Waals surface area contributed by atoms with E-state index in [0.717, 1.165) is 19.3 Å². The first kappa shape index (κ1) is 20.2. The number of halogens is 4. The number of alkyl halides is 3. The summed E-state index contributed by atoms with van der Waals surface area (Å²) in [6, 6.07) is 0. The third-order valence-corrected chi connectivity index (χ3v) is 2.95. The van der Waals surface area contributed by atoms with E-state index >= 15 is 0 Å². The van der Waals surface area contributed by atoms with Crippen molar-refractivity contribution < 1.29 is 31.4 Å². The minimum absolute atomic E-state index is 0.125. The molecule has 0 heterocycles. The molecule has 0 aliphatic carbocycles. The molecule has 0 rings (SSSR count). The van der Waals surface area contributed by atoms with Gasteiger partial charge < -0.3 is 5.73 Å². The second-order valence-corrected chi connectivity index (χ2v) is 4.92. The highest BCUT2D eigenvalue weighted by atomic mass is 31.2. The van der Waals surface area contributed by atoms with E-state index in [0.29, 0.717) is 0 Å². The van der Waals surface area contributed by atoms with Gasteiger partial charge in [-0.3, -0.25) is 9.42 Å². The lowest BCUT2D eigenvalue weighted by Crippen LogP contribution is -2.37. The fourth-order valence-corrected chi connectivity index (χ4v) is 1.21. The van der Waals surface area contributed by atoms with Crippen LogP contribution in [0.2, 0.25) is 0 Å². The molecule has 0 spiro atoms. The first-order valence-electron chi connectivity index (χ1n) is 5.41. The highest BCUT2D eigenvalue weighted by molar-refractivity contribution is 7.46. The Kier molecular flexibility index (Phi) is 9.06. The summed E-state index contributed by atoms with van der Waals surface area (Å²) in [6.07, 6.45) is -1.50. The Morgan fingerprint density at radius 1 is 1.17 bits per heavy atom. The summed E-state index contributed by atoms with van der Waals surface area (Å²) in [5.41, 5.74) is 6.02. The average Bonchev–Trinajstić information content (AvgIpc) is 2.25. The highest BCUT2D eigenvalue weighted by Crippen LogP contribution is 2.44. The summed E-state index contributed by atoms with van der Waals surface area (Å²) in [6.45, 7) is 4.38. The van der Waals surface area contributed by atoms with Crippen molar-refractivity contribution in [3.05, 3.63) is 0 Å². The van der Waals surface area contributed by atoms with Crippen molar-refractivity contribution in [2.75, 3.05) is 6.61 Å². The summed E-state index contributed by atoms with van der Waals surface area (Å²) in [5.74, 6) is 0. The fourth-order valence-electron chi connectivity index (χ4n) is 0.903. The first-order chi connectivity index (χ1) is 7.89. The van der Waals surface area contributed by atoms with Gasteiger partial charge in [0.15, 0.2) is 6.61 Å². The molecule has 1 unspecified atom stereocenters. The molecule has 0 bridgehead atoms. The second-order valence-electron chi connectivity index (χ2n) is 3.76. The van der Waals surface area contributed by atoms with E-state index in [2.05, 4.69) is 25.3 Å². The standard InChI is InChI=1S/C7H17N.C2H3F4O3P/c1-4-7(8,5-2)6-3;3-2(4,5)1-9-10(6,7)8/h4-6,8H2,1-3H3;1H2,(H,7,8). The maximum absolute atomic E-state index is 11.3. The third-order valence-electron chi connectivity index (χ3n) is 2.50. The molecule has 0 aliphatic heterocycles. The van der Waals surface area contributed by atoms with Crippen molar-refractivity contribution in [2.45, 2.75) is 51.7 Å². The molecule has 4 nitrogen and oxygen atoms in total. The monoisotopic (exact) mass is 297 g/mol. The zero-order valence-corrected chi connectivity index (χ0v) is 11.5. The van der Waals surface area contributed by atoms with E-state index in [1.165, 1.54) is 0 Å². The molecule has 0 aromatic heterocycles. The van der Waals surface area contributed by atoms with Crippen LogP contribution in [0, 0.1) is 0 Å². The van der Waals surface area contributed by atoms with Crippen LogP contribution in [0.25, 0.3) is 0 Å². The van der Waals surface area contributed by atoms with Gasteiger partial charge >= 0.3 is 14.1 Å². The van der Waals surface area contributed by atoms with E-state index in [9.17, 15) is 21.9 Å². The van der Waals surface area contributed by atoms with Gasteiger partial charge in [0.05, 0.1) is 0 Å². The Morgan fingerprint density at radius 2 is 1.50 bits per heavy atom. The molecular formula is C9H20F4NO3P. The molecule has 0 fully saturated rings. The summed E-state index contributed by atoms with van der Waals surface area (Å²) < 4.78 is 56.8. The molecular weight excluding hydrogens is 277 g/mol. The van der Waals surface area contributed by atoms with Gasteiger partial charge in [0, 0.05) is 5.54 Å². The first-order valence-corrected chi connectivity index (χ1v) is 6.88. The maximum atomic E-state index is 11.3. The number of nitrogens with two attached hydrogens (primary N) is 1. The van der Waals surface area contributed by atoms with Gasteiger partial charge in [-0.15, -0.1) is 4.20 Å². The van der Waals surface area contributed by atoms with Crippen LogP contribution in [0.15, 0.2) is 0 Å². The largest absolute Gasteiger partial charge is 0.510 e. The summed E-state index contributed by atoms with van der Waals surface area (Å²) in [7, 11) is -5.48. The van der Waals surface area contributed by atoms with Crippen LogP contribution < -0.4 is 5.73 Å². The van der Waals surface area contributed by atoms with Crippen LogP contribution in [0.4, 0.5) is 17.4 Å².